The van der Waals surface area contributed by atoms with Crippen molar-refractivity contribution in [2.45, 2.75) is 4.90 Å². The number of rotatable bonds is 1. The Balaban J connectivity index is 3.20. The summed E-state index contributed by atoms with van der Waals surface area (Å²) in [7, 11) is -3.66. The lowest BCUT2D eigenvalue weighted by molar-refractivity contribution is 0.354. The molecule has 1 aromatic carbocycles. The Hall–Kier alpha value is -1.07. The average molecular weight is 172 g/mol. The Kier molecular flexibility index (Phi) is 1.84. The number of nitrogens with two attached hydrogens (primary N) is 1. The van der Waals surface area contributed by atoms with E-state index in [1.807, 2.05) is 0 Å². The Morgan fingerprint density at radius 3 is 1.91 bits per heavy atom. The van der Waals surface area contributed by atoms with E-state index >= 15 is 0 Å². The number of hydrogen-bond acceptors (Lipinski definition) is 2. The van der Waals surface area contributed by atoms with Crippen LogP contribution in [0.25, 0.3) is 0 Å². The highest BCUT2D eigenvalue weighted by atomic mass is 32.2. The molecule has 1 radical (unpaired) electrons. The number of sulfonamides is 1. The van der Waals surface area contributed by atoms with Crippen molar-refractivity contribution in [3.05, 3.63) is 24.3 Å². The number of benzene rings is 1. The van der Waals surface area contributed by atoms with Crippen molar-refractivity contribution in [3.63, 3.8) is 0 Å². The Bertz CT molecular complexity index is 341. The van der Waals surface area contributed by atoms with Crippen LogP contribution in [-0.4, -0.2) is 8.42 Å². The molecule has 0 aliphatic heterocycles. The van der Waals surface area contributed by atoms with E-state index in [0.717, 1.165) is 12.1 Å². The summed E-state index contributed by atoms with van der Waals surface area (Å²) < 4.78 is 21.2. The van der Waals surface area contributed by atoms with Crippen molar-refractivity contribution in [1.82, 2.24) is 0 Å². The standard InChI is InChI=1S/C6H6NO3S/c7-11(9,10)6-3-1-5(8)2-4-6/h1-4H,(H2,7,9,10). The van der Waals surface area contributed by atoms with Gasteiger partial charge in [0.05, 0.1) is 4.90 Å². The zero-order valence-electron chi connectivity index (χ0n) is 5.52. The van der Waals surface area contributed by atoms with Gasteiger partial charge in [-0.2, -0.15) is 0 Å². The largest absolute Gasteiger partial charge is 0.290 e. The lowest BCUT2D eigenvalue weighted by atomic mass is 10.3. The lowest BCUT2D eigenvalue weighted by Gasteiger charge is -1.94. The molecule has 0 aliphatic rings. The summed E-state index contributed by atoms with van der Waals surface area (Å²) in [6, 6.07) is 4.66. The third-order valence-corrected chi connectivity index (χ3v) is 2.08. The minimum Gasteiger partial charge on any atom is -0.290 e. The van der Waals surface area contributed by atoms with Crippen molar-refractivity contribution in [2.75, 3.05) is 0 Å². The van der Waals surface area contributed by atoms with Crippen LogP contribution in [0.4, 0.5) is 0 Å². The second kappa shape index (κ2) is 2.52. The molecule has 59 valence electrons. The summed E-state index contributed by atoms with van der Waals surface area (Å²) in [6.45, 7) is 0. The first kappa shape index (κ1) is 8.03. The first-order chi connectivity index (χ1) is 5.00. The SMILES string of the molecule is NS(=O)(=O)c1ccc([O])cc1. The van der Waals surface area contributed by atoms with E-state index in [1.165, 1.54) is 12.1 Å². The van der Waals surface area contributed by atoms with Crippen molar-refractivity contribution in [1.29, 1.82) is 0 Å². The van der Waals surface area contributed by atoms with Gasteiger partial charge in [0.15, 0.2) is 5.75 Å². The van der Waals surface area contributed by atoms with Gasteiger partial charge in [-0.3, -0.25) is 5.11 Å². The quantitative estimate of drug-likeness (QED) is 0.668. The molecule has 1 rings (SSSR count). The van der Waals surface area contributed by atoms with Crippen LogP contribution < -0.4 is 5.14 Å². The molecule has 0 saturated carbocycles. The summed E-state index contributed by atoms with van der Waals surface area (Å²) in [5.41, 5.74) is 0. The molecule has 0 unspecified atom stereocenters. The Labute approximate surface area is 64.3 Å². The maximum Gasteiger partial charge on any atom is 0.238 e. The topological polar surface area (TPSA) is 80.1 Å². The van der Waals surface area contributed by atoms with Gasteiger partial charge in [0, 0.05) is 0 Å². The van der Waals surface area contributed by atoms with Gasteiger partial charge in [0.25, 0.3) is 0 Å². The zero-order valence-corrected chi connectivity index (χ0v) is 6.34. The molecule has 0 aromatic heterocycles. The minimum atomic E-state index is -3.66. The highest BCUT2D eigenvalue weighted by molar-refractivity contribution is 7.89. The van der Waals surface area contributed by atoms with Crippen LogP contribution in [0.2, 0.25) is 0 Å². The molecule has 0 aliphatic carbocycles. The summed E-state index contributed by atoms with van der Waals surface area (Å²) in [4.78, 5) is -0.0444. The Morgan fingerprint density at radius 1 is 1.09 bits per heavy atom. The highest BCUT2D eigenvalue weighted by Gasteiger charge is 2.05. The van der Waals surface area contributed by atoms with Crippen LogP contribution in [0.1, 0.15) is 0 Å². The van der Waals surface area contributed by atoms with Crippen molar-refractivity contribution in [2.24, 2.45) is 5.14 Å². The average Bonchev–Trinajstić information content (AvgIpc) is 1.86. The predicted octanol–water partition coefficient (Wildman–Crippen LogP) is 0.478. The molecular formula is C6H6NO3S. The fourth-order valence-corrected chi connectivity index (χ4v) is 1.14. The maximum atomic E-state index is 10.6. The van der Waals surface area contributed by atoms with Crippen LogP contribution in [0.15, 0.2) is 29.2 Å². The van der Waals surface area contributed by atoms with Gasteiger partial charge in [0.2, 0.25) is 10.0 Å². The molecule has 0 atom stereocenters. The smallest absolute Gasteiger partial charge is 0.238 e. The second-order valence-electron chi connectivity index (χ2n) is 2.02. The van der Waals surface area contributed by atoms with Gasteiger partial charge in [-0.25, -0.2) is 13.6 Å². The number of hydrogen-bond donors (Lipinski definition) is 1. The monoisotopic (exact) mass is 172 g/mol. The van der Waals surface area contributed by atoms with E-state index in [9.17, 15) is 13.5 Å². The molecule has 5 heteroatoms. The van der Waals surface area contributed by atoms with Gasteiger partial charge < -0.3 is 0 Å². The van der Waals surface area contributed by atoms with E-state index in [4.69, 9.17) is 5.14 Å². The lowest BCUT2D eigenvalue weighted by Crippen LogP contribution is -2.11. The molecule has 0 amide bonds. The molecule has 0 saturated heterocycles. The molecule has 0 fully saturated rings. The van der Waals surface area contributed by atoms with Gasteiger partial charge in [-0.15, -0.1) is 0 Å². The molecule has 0 spiro atoms. The van der Waals surface area contributed by atoms with Crippen molar-refractivity contribution < 1.29 is 13.5 Å². The molecule has 0 heterocycles. The van der Waals surface area contributed by atoms with Gasteiger partial charge in [0.1, 0.15) is 0 Å². The zero-order chi connectivity index (χ0) is 8.48. The molecule has 2 N–H and O–H groups in total. The van der Waals surface area contributed by atoms with Crippen LogP contribution >= 0.6 is 0 Å². The summed E-state index contributed by atoms with van der Waals surface area (Å²) in [6.07, 6.45) is 0. The van der Waals surface area contributed by atoms with E-state index in [0.29, 0.717) is 0 Å². The summed E-state index contributed by atoms with van der Waals surface area (Å²) in [5.74, 6) is -0.239. The fourth-order valence-electron chi connectivity index (χ4n) is 0.629. The first-order valence-electron chi connectivity index (χ1n) is 2.80. The molecular weight excluding hydrogens is 166 g/mol. The van der Waals surface area contributed by atoms with E-state index < -0.39 is 10.0 Å². The second-order valence-corrected chi connectivity index (χ2v) is 3.58. The van der Waals surface area contributed by atoms with Gasteiger partial charge >= 0.3 is 0 Å². The molecule has 4 nitrogen and oxygen atoms in total. The third kappa shape index (κ3) is 1.92. The van der Waals surface area contributed by atoms with E-state index in [1.54, 1.807) is 0 Å². The Morgan fingerprint density at radius 2 is 1.55 bits per heavy atom. The normalized spacial score (nSPS) is 11.4. The van der Waals surface area contributed by atoms with Gasteiger partial charge in [-0.05, 0) is 24.3 Å². The highest BCUT2D eigenvalue weighted by Crippen LogP contribution is 2.12. The van der Waals surface area contributed by atoms with Crippen LogP contribution in [0.5, 0.6) is 5.75 Å². The van der Waals surface area contributed by atoms with E-state index in [2.05, 4.69) is 0 Å². The van der Waals surface area contributed by atoms with Gasteiger partial charge in [-0.1, -0.05) is 0 Å². The maximum absolute atomic E-state index is 10.6. The summed E-state index contributed by atoms with van der Waals surface area (Å²) >= 11 is 0. The minimum absolute atomic E-state index is 0.0444. The first-order valence-corrected chi connectivity index (χ1v) is 4.34. The van der Waals surface area contributed by atoms with Crippen LogP contribution in [0.3, 0.4) is 0 Å². The van der Waals surface area contributed by atoms with Crippen LogP contribution in [0, 0.1) is 0 Å². The van der Waals surface area contributed by atoms with E-state index in [-0.39, 0.29) is 10.6 Å². The molecule has 0 bridgehead atoms. The predicted molar refractivity (Wildman–Crippen MR) is 37.9 cm³/mol. The third-order valence-electron chi connectivity index (χ3n) is 1.15. The van der Waals surface area contributed by atoms with Crippen molar-refractivity contribution >= 4 is 10.0 Å². The van der Waals surface area contributed by atoms with Crippen molar-refractivity contribution in [3.8, 4) is 5.75 Å². The summed E-state index contributed by atoms with van der Waals surface area (Å²) in [5, 5.41) is 15.3. The number of primary sulfonamides is 1. The molecule has 11 heavy (non-hydrogen) atoms. The fraction of sp³-hybridized carbons (Fsp3) is 0. The van der Waals surface area contributed by atoms with Crippen LogP contribution in [-0.2, 0) is 15.1 Å². The molecule has 1 aromatic rings.